The maximum atomic E-state index is 2.54. The fraction of sp³-hybridized carbons (Fsp3) is 0.169. The Kier molecular flexibility index (Phi) is 8.60. The predicted molar refractivity (Wildman–Crippen MR) is 274 cm³/mol. The second-order valence-electron chi connectivity index (χ2n) is 20.0. The SMILES string of the molecule is c1ccc(-c2ccc3c(c2)C2(c4ccccc4-3)c3ccccc3-c3ccc(N(c4ccc(-c5ccccc5-c5ccccc5)cc4)c4ccc(C5C6CC7CC(C6)CC5C7)cc4)cc32)cc1. The van der Waals surface area contributed by atoms with Crippen molar-refractivity contribution in [3.05, 3.63) is 246 Å². The second-order valence-corrected chi connectivity index (χ2v) is 20.0. The van der Waals surface area contributed by atoms with E-state index in [-0.39, 0.29) is 0 Å². The average Bonchev–Trinajstić information content (AvgIpc) is 3.84. The normalized spacial score (nSPS) is 22.5. The molecule has 6 aliphatic rings. The van der Waals surface area contributed by atoms with Gasteiger partial charge < -0.3 is 4.90 Å². The first-order chi connectivity index (χ1) is 32.7. The minimum Gasteiger partial charge on any atom is -0.310 e. The summed E-state index contributed by atoms with van der Waals surface area (Å²) in [6.45, 7) is 0. The van der Waals surface area contributed by atoms with Gasteiger partial charge in [-0.2, -0.15) is 0 Å². The lowest BCUT2D eigenvalue weighted by Crippen LogP contribution is -2.43. The van der Waals surface area contributed by atoms with E-state index in [0.717, 1.165) is 29.4 Å². The van der Waals surface area contributed by atoms with E-state index in [1.165, 1.54) is 121 Å². The van der Waals surface area contributed by atoms with Crippen molar-refractivity contribution in [2.24, 2.45) is 23.7 Å². The Balaban J connectivity index is 0.942. The summed E-state index contributed by atoms with van der Waals surface area (Å²) in [5.41, 5.74) is 22.7. The lowest BCUT2D eigenvalue weighted by molar-refractivity contribution is -0.00277. The highest BCUT2D eigenvalue weighted by Crippen LogP contribution is 2.64. The van der Waals surface area contributed by atoms with Crippen molar-refractivity contribution in [2.45, 2.75) is 43.4 Å². The van der Waals surface area contributed by atoms with Gasteiger partial charge in [-0.3, -0.25) is 0 Å². The van der Waals surface area contributed by atoms with Crippen molar-refractivity contribution >= 4 is 17.1 Å². The summed E-state index contributed by atoms with van der Waals surface area (Å²) >= 11 is 0. The van der Waals surface area contributed by atoms with E-state index in [2.05, 4.69) is 223 Å². The predicted octanol–water partition coefficient (Wildman–Crippen LogP) is 17.0. The van der Waals surface area contributed by atoms with E-state index < -0.39 is 5.41 Å². The smallest absolute Gasteiger partial charge is 0.0726 e. The highest BCUT2D eigenvalue weighted by molar-refractivity contribution is 5.97. The number of fused-ring (bicyclic) bond motifs is 10. The summed E-state index contributed by atoms with van der Waals surface area (Å²) in [6.07, 6.45) is 7.23. The van der Waals surface area contributed by atoms with Crippen molar-refractivity contribution < 1.29 is 0 Å². The first-order valence-electron chi connectivity index (χ1n) is 24.4. The summed E-state index contributed by atoms with van der Waals surface area (Å²) in [7, 11) is 0. The molecule has 1 spiro atoms. The molecule has 9 aromatic rings. The molecular weight excluding hydrogens is 795 g/mol. The van der Waals surface area contributed by atoms with Gasteiger partial charge in [0.05, 0.1) is 5.41 Å². The molecule has 0 radical (unpaired) electrons. The molecule has 0 aliphatic heterocycles. The molecule has 316 valence electrons. The highest BCUT2D eigenvalue weighted by Gasteiger charge is 2.52. The zero-order valence-corrected chi connectivity index (χ0v) is 37.2. The third-order valence-electron chi connectivity index (χ3n) is 16.6. The molecule has 0 heterocycles. The summed E-state index contributed by atoms with van der Waals surface area (Å²) in [5, 5.41) is 0. The third-order valence-corrected chi connectivity index (χ3v) is 16.6. The number of rotatable bonds is 7. The quantitative estimate of drug-likeness (QED) is 0.154. The van der Waals surface area contributed by atoms with Crippen molar-refractivity contribution in [2.75, 3.05) is 4.90 Å². The van der Waals surface area contributed by atoms with Crippen LogP contribution in [0.3, 0.4) is 0 Å². The molecular formula is C65H51N. The van der Waals surface area contributed by atoms with Gasteiger partial charge in [0.2, 0.25) is 0 Å². The molecule has 1 atom stereocenters. The first kappa shape index (κ1) is 38.1. The van der Waals surface area contributed by atoms with Crippen molar-refractivity contribution in [3.8, 4) is 55.6 Å². The first-order valence-corrected chi connectivity index (χ1v) is 24.4. The van der Waals surface area contributed by atoms with Crippen LogP contribution < -0.4 is 4.90 Å². The van der Waals surface area contributed by atoms with E-state index in [9.17, 15) is 0 Å². The molecule has 9 aromatic carbocycles. The highest BCUT2D eigenvalue weighted by atomic mass is 15.1. The molecule has 1 nitrogen and oxygen atoms in total. The topological polar surface area (TPSA) is 3.24 Å². The van der Waals surface area contributed by atoms with Crippen molar-refractivity contribution in [1.82, 2.24) is 0 Å². The molecule has 1 heteroatoms. The fourth-order valence-corrected chi connectivity index (χ4v) is 14.2. The lowest BCUT2D eigenvalue weighted by Gasteiger charge is -2.54. The van der Waals surface area contributed by atoms with E-state index in [4.69, 9.17) is 0 Å². The Morgan fingerprint density at radius 2 is 0.727 bits per heavy atom. The maximum Gasteiger partial charge on any atom is 0.0726 e. The van der Waals surface area contributed by atoms with Crippen LogP contribution in [0.5, 0.6) is 0 Å². The number of hydrogen-bond donors (Lipinski definition) is 0. The van der Waals surface area contributed by atoms with Gasteiger partial charge in [0, 0.05) is 17.1 Å². The summed E-state index contributed by atoms with van der Waals surface area (Å²) in [4.78, 5) is 2.52. The van der Waals surface area contributed by atoms with Crippen LogP contribution in [0.4, 0.5) is 17.1 Å². The molecule has 6 aliphatic carbocycles. The van der Waals surface area contributed by atoms with Crippen molar-refractivity contribution in [3.63, 3.8) is 0 Å². The summed E-state index contributed by atoms with van der Waals surface area (Å²) in [6, 6.07) is 82.6. The van der Waals surface area contributed by atoms with Crippen LogP contribution in [0.1, 0.15) is 65.8 Å². The molecule has 0 aromatic heterocycles. The average molecular weight is 846 g/mol. The number of anilines is 3. The maximum absolute atomic E-state index is 2.54. The summed E-state index contributed by atoms with van der Waals surface area (Å²) < 4.78 is 0. The standard InChI is InChI=1S/C65H51N/c1-3-13-44(14-4-1)48-27-33-58-56-19-9-11-21-60(56)65(62(58)40-48)61-22-12-10-20-57(61)59-34-32-53(41-63(59)65)66(52-30-25-47(26-31-52)64-49-36-42-35-43(38-49)39-50(64)37-42)51-28-23-46(24-29-51)55-18-8-7-17-54(55)45-15-5-2-6-16-45/h1-34,40-43,49-50,64H,35-39H2. The number of benzene rings is 9. The van der Waals surface area contributed by atoms with Crippen LogP contribution in [0, 0.1) is 23.7 Å². The van der Waals surface area contributed by atoms with Gasteiger partial charge in [0.15, 0.2) is 0 Å². The van der Waals surface area contributed by atoms with Crippen LogP contribution in [0.25, 0.3) is 55.6 Å². The Morgan fingerprint density at radius 3 is 1.32 bits per heavy atom. The molecule has 66 heavy (non-hydrogen) atoms. The molecule has 0 saturated heterocycles. The zero-order chi connectivity index (χ0) is 43.3. The van der Waals surface area contributed by atoms with Gasteiger partial charge in [0.1, 0.15) is 0 Å². The van der Waals surface area contributed by atoms with Crippen LogP contribution in [-0.2, 0) is 5.41 Å². The van der Waals surface area contributed by atoms with Crippen LogP contribution in [0.15, 0.2) is 218 Å². The number of hydrogen-bond acceptors (Lipinski definition) is 1. The summed E-state index contributed by atoms with van der Waals surface area (Å²) in [5.74, 6) is 4.34. The Morgan fingerprint density at radius 1 is 0.303 bits per heavy atom. The van der Waals surface area contributed by atoms with Gasteiger partial charge in [-0.1, -0.05) is 176 Å². The van der Waals surface area contributed by atoms with Crippen LogP contribution in [-0.4, -0.2) is 0 Å². The molecule has 4 bridgehead atoms. The Hall–Kier alpha value is -7.22. The van der Waals surface area contributed by atoms with Gasteiger partial charge in [-0.05, 0) is 188 Å². The monoisotopic (exact) mass is 845 g/mol. The van der Waals surface area contributed by atoms with Gasteiger partial charge >= 0.3 is 0 Å². The molecule has 0 amide bonds. The van der Waals surface area contributed by atoms with Gasteiger partial charge in [-0.15, -0.1) is 0 Å². The van der Waals surface area contributed by atoms with Crippen molar-refractivity contribution in [1.29, 1.82) is 0 Å². The second kappa shape index (κ2) is 14.9. The Bertz CT molecular complexity index is 3270. The lowest BCUT2D eigenvalue weighted by atomic mass is 9.51. The zero-order valence-electron chi connectivity index (χ0n) is 37.2. The van der Waals surface area contributed by atoms with Crippen LogP contribution in [0.2, 0.25) is 0 Å². The third kappa shape index (κ3) is 5.72. The fourth-order valence-electron chi connectivity index (χ4n) is 14.2. The van der Waals surface area contributed by atoms with E-state index in [1.54, 1.807) is 5.56 Å². The minimum absolute atomic E-state index is 0.474. The Labute approximate surface area is 389 Å². The molecule has 4 fully saturated rings. The molecule has 0 N–H and O–H groups in total. The molecule has 15 rings (SSSR count). The van der Waals surface area contributed by atoms with Gasteiger partial charge in [-0.25, -0.2) is 0 Å². The van der Waals surface area contributed by atoms with Gasteiger partial charge in [0.25, 0.3) is 0 Å². The largest absolute Gasteiger partial charge is 0.310 e. The van der Waals surface area contributed by atoms with E-state index >= 15 is 0 Å². The minimum atomic E-state index is -0.474. The van der Waals surface area contributed by atoms with Crippen LogP contribution >= 0.6 is 0 Å². The molecule has 4 saturated carbocycles. The molecule has 1 unspecified atom stereocenters. The van der Waals surface area contributed by atoms with E-state index in [1.807, 2.05) is 0 Å². The number of nitrogens with zero attached hydrogens (tertiary/aromatic N) is 1. The van der Waals surface area contributed by atoms with E-state index in [0.29, 0.717) is 5.92 Å².